The lowest BCUT2D eigenvalue weighted by atomic mass is 9.72. The molecule has 0 aromatic heterocycles. The third kappa shape index (κ3) is 11.0. The molecule has 4 nitrogen and oxygen atoms in total. The van der Waals surface area contributed by atoms with Gasteiger partial charge in [-0.15, -0.1) is 0 Å². The van der Waals surface area contributed by atoms with Crippen molar-refractivity contribution in [3.05, 3.63) is 5.57 Å². The molecule has 0 aliphatic rings. The Morgan fingerprint density at radius 3 is 1.55 bits per heavy atom. The molecule has 1 N–H and O–H groups in total. The Morgan fingerprint density at radius 1 is 0.793 bits per heavy atom. The van der Waals surface area contributed by atoms with Crippen molar-refractivity contribution in [1.29, 1.82) is 0 Å². The topological polar surface area (TPSA) is 63.6 Å². The molecule has 0 fully saturated rings. The Kier molecular flexibility index (Phi) is 15.1. The van der Waals surface area contributed by atoms with E-state index in [0.29, 0.717) is 6.61 Å². The number of aliphatic hydroxyl groups is 1. The molecule has 0 spiro atoms. The summed E-state index contributed by atoms with van der Waals surface area (Å²) in [5.41, 5.74) is -2.65. The SMILES string of the molecule is CCCCCCCCCCCCCCCCOC(=O)C(C)(C)C(C)(O)C(C)=C=O. The first-order valence-corrected chi connectivity index (χ1v) is 11.8. The van der Waals surface area contributed by atoms with Crippen molar-refractivity contribution in [3.63, 3.8) is 0 Å². The van der Waals surface area contributed by atoms with E-state index >= 15 is 0 Å². The number of hydrogen-bond donors (Lipinski definition) is 1. The van der Waals surface area contributed by atoms with Crippen LogP contribution in [0.1, 0.15) is 125 Å². The molecule has 0 bridgehead atoms. The van der Waals surface area contributed by atoms with E-state index in [9.17, 15) is 14.7 Å². The molecule has 0 saturated heterocycles. The van der Waals surface area contributed by atoms with Gasteiger partial charge in [0.15, 0.2) is 0 Å². The largest absolute Gasteiger partial charge is 0.465 e. The fourth-order valence-corrected chi connectivity index (χ4v) is 3.41. The standard InChI is InChI=1S/C25H46O4/c1-6-7-8-9-10-11-12-13-14-15-16-17-18-19-20-29-23(27)24(3,4)25(5,28)22(2)21-26/h28H,6-20H2,1-5H3. The average Bonchev–Trinajstić information content (AvgIpc) is 2.69. The van der Waals surface area contributed by atoms with Crippen LogP contribution in [0.2, 0.25) is 0 Å². The normalized spacial score (nSPS) is 13.6. The van der Waals surface area contributed by atoms with E-state index in [2.05, 4.69) is 6.92 Å². The van der Waals surface area contributed by atoms with Crippen LogP contribution in [-0.4, -0.2) is 29.2 Å². The van der Waals surface area contributed by atoms with Gasteiger partial charge in [0.1, 0.15) is 11.5 Å². The maximum absolute atomic E-state index is 12.3. The first-order chi connectivity index (χ1) is 13.7. The summed E-state index contributed by atoms with van der Waals surface area (Å²) in [6, 6.07) is 0. The van der Waals surface area contributed by atoms with Crippen LogP contribution in [0.5, 0.6) is 0 Å². The predicted octanol–water partition coefficient (Wildman–Crippen LogP) is 6.57. The highest BCUT2D eigenvalue weighted by Crippen LogP contribution is 2.36. The van der Waals surface area contributed by atoms with E-state index in [0.717, 1.165) is 12.8 Å². The van der Waals surface area contributed by atoms with Crippen LogP contribution in [-0.2, 0) is 14.3 Å². The zero-order valence-corrected chi connectivity index (χ0v) is 19.8. The molecule has 0 saturated carbocycles. The molecule has 0 rings (SSSR count). The molecule has 0 aliphatic carbocycles. The van der Waals surface area contributed by atoms with Crippen LogP contribution in [0.25, 0.3) is 0 Å². The van der Waals surface area contributed by atoms with Gasteiger partial charge in [-0.1, -0.05) is 90.4 Å². The van der Waals surface area contributed by atoms with Gasteiger partial charge in [-0.05, 0) is 34.1 Å². The number of hydrogen-bond acceptors (Lipinski definition) is 4. The molecule has 0 aromatic carbocycles. The molecule has 29 heavy (non-hydrogen) atoms. The number of ether oxygens (including phenoxy) is 1. The second-order valence-corrected chi connectivity index (χ2v) is 9.16. The molecule has 0 aromatic rings. The third-order valence-corrected chi connectivity index (χ3v) is 6.34. The summed E-state index contributed by atoms with van der Waals surface area (Å²) in [5, 5.41) is 10.5. The summed E-state index contributed by atoms with van der Waals surface area (Å²) in [5.74, 6) is 1.22. The summed E-state index contributed by atoms with van der Waals surface area (Å²) in [7, 11) is 0. The van der Waals surface area contributed by atoms with Crippen molar-refractivity contribution in [2.45, 2.75) is 130 Å². The highest BCUT2D eigenvalue weighted by Gasteiger charge is 2.48. The van der Waals surface area contributed by atoms with Crippen molar-refractivity contribution in [2.75, 3.05) is 6.61 Å². The van der Waals surface area contributed by atoms with E-state index < -0.39 is 17.0 Å². The molecule has 0 amide bonds. The Morgan fingerprint density at radius 2 is 1.17 bits per heavy atom. The van der Waals surface area contributed by atoms with Crippen molar-refractivity contribution in [2.24, 2.45) is 5.41 Å². The second kappa shape index (κ2) is 15.7. The highest BCUT2D eigenvalue weighted by atomic mass is 16.5. The minimum absolute atomic E-state index is 0.107. The molecule has 0 heterocycles. The molecule has 1 unspecified atom stereocenters. The van der Waals surface area contributed by atoms with Gasteiger partial charge in [-0.3, -0.25) is 4.79 Å². The number of carbonyl (C=O) groups is 1. The number of esters is 1. The van der Waals surface area contributed by atoms with Crippen LogP contribution < -0.4 is 0 Å². The summed E-state index contributed by atoms with van der Waals surface area (Å²) < 4.78 is 5.35. The Bertz CT molecular complexity index is 487. The smallest absolute Gasteiger partial charge is 0.314 e. The number of unbranched alkanes of at least 4 members (excludes halogenated alkanes) is 13. The Hall–Kier alpha value is -1.12. The van der Waals surface area contributed by atoms with Crippen molar-refractivity contribution in [3.8, 4) is 0 Å². The van der Waals surface area contributed by atoms with E-state index in [4.69, 9.17) is 4.74 Å². The molecular formula is C25H46O4. The van der Waals surface area contributed by atoms with Crippen molar-refractivity contribution in [1.82, 2.24) is 0 Å². The van der Waals surface area contributed by atoms with Gasteiger partial charge in [0, 0.05) is 5.57 Å². The maximum atomic E-state index is 12.3. The summed E-state index contributed by atoms with van der Waals surface area (Å²) in [6.07, 6.45) is 18.0. The summed E-state index contributed by atoms with van der Waals surface area (Å²) in [4.78, 5) is 23.2. The van der Waals surface area contributed by atoms with Crippen molar-refractivity contribution >= 4 is 11.9 Å². The van der Waals surface area contributed by atoms with Crippen LogP contribution in [0, 0.1) is 5.41 Å². The minimum atomic E-state index is -1.57. The van der Waals surface area contributed by atoms with Crippen LogP contribution >= 0.6 is 0 Å². The van der Waals surface area contributed by atoms with E-state index in [1.165, 1.54) is 90.9 Å². The number of rotatable bonds is 18. The van der Waals surface area contributed by atoms with Crippen LogP contribution in [0.3, 0.4) is 0 Å². The van der Waals surface area contributed by atoms with Gasteiger partial charge in [0.05, 0.1) is 12.0 Å². The zero-order chi connectivity index (χ0) is 22.2. The Labute approximate surface area is 179 Å². The van der Waals surface area contributed by atoms with Crippen molar-refractivity contribution < 1.29 is 19.4 Å². The molecular weight excluding hydrogens is 364 g/mol. The lowest BCUT2D eigenvalue weighted by Crippen LogP contribution is -2.49. The van der Waals surface area contributed by atoms with E-state index in [1.54, 1.807) is 19.8 Å². The predicted molar refractivity (Wildman–Crippen MR) is 121 cm³/mol. The first kappa shape index (κ1) is 27.9. The number of carbonyl (C=O) groups excluding carboxylic acids is 2. The van der Waals surface area contributed by atoms with Gasteiger partial charge in [-0.2, -0.15) is 0 Å². The molecule has 170 valence electrons. The van der Waals surface area contributed by atoms with Gasteiger partial charge in [0.2, 0.25) is 0 Å². The lowest BCUT2D eigenvalue weighted by molar-refractivity contribution is -0.165. The summed E-state index contributed by atoms with van der Waals surface area (Å²) >= 11 is 0. The monoisotopic (exact) mass is 410 g/mol. The summed E-state index contributed by atoms with van der Waals surface area (Å²) in [6.45, 7) is 8.76. The minimum Gasteiger partial charge on any atom is -0.465 e. The fourth-order valence-electron chi connectivity index (χ4n) is 3.41. The van der Waals surface area contributed by atoms with Gasteiger partial charge >= 0.3 is 5.97 Å². The zero-order valence-electron chi connectivity index (χ0n) is 19.8. The first-order valence-electron chi connectivity index (χ1n) is 11.8. The maximum Gasteiger partial charge on any atom is 0.314 e. The highest BCUT2D eigenvalue weighted by molar-refractivity contribution is 5.79. The molecule has 0 aliphatic heterocycles. The Balaban J connectivity index is 3.68. The van der Waals surface area contributed by atoms with Gasteiger partial charge in [-0.25, -0.2) is 4.79 Å². The molecule has 0 radical (unpaired) electrons. The van der Waals surface area contributed by atoms with Gasteiger partial charge < -0.3 is 9.84 Å². The van der Waals surface area contributed by atoms with E-state index in [1.807, 2.05) is 0 Å². The van der Waals surface area contributed by atoms with Crippen LogP contribution in [0.4, 0.5) is 0 Å². The molecule has 4 heteroatoms. The lowest BCUT2D eigenvalue weighted by Gasteiger charge is -2.37. The van der Waals surface area contributed by atoms with Crippen LogP contribution in [0.15, 0.2) is 5.57 Å². The van der Waals surface area contributed by atoms with E-state index in [-0.39, 0.29) is 5.57 Å². The van der Waals surface area contributed by atoms with Gasteiger partial charge in [0.25, 0.3) is 0 Å². The average molecular weight is 411 g/mol. The molecule has 1 atom stereocenters. The second-order valence-electron chi connectivity index (χ2n) is 9.16. The quantitative estimate of drug-likeness (QED) is 0.158. The third-order valence-electron chi connectivity index (χ3n) is 6.34. The fraction of sp³-hybridized carbons (Fsp3) is 0.880.